The molecule has 0 atom stereocenters. The number of rotatable bonds is 5. The largest absolute Gasteiger partial charge is 0.507 e. The van der Waals surface area contributed by atoms with Gasteiger partial charge in [0.25, 0.3) is 0 Å². The molecule has 1 aliphatic carbocycles. The molecule has 0 bridgehead atoms. The van der Waals surface area contributed by atoms with E-state index < -0.39 is 0 Å². The minimum Gasteiger partial charge on any atom is -0.507 e. The molecule has 0 aromatic heterocycles. The van der Waals surface area contributed by atoms with Crippen molar-refractivity contribution >= 4 is 33.8 Å². The highest BCUT2D eigenvalue weighted by Crippen LogP contribution is 2.30. The summed E-state index contributed by atoms with van der Waals surface area (Å²) < 4.78 is 0.629. The van der Waals surface area contributed by atoms with E-state index in [9.17, 15) is 9.90 Å². The Morgan fingerprint density at radius 1 is 1.19 bits per heavy atom. The van der Waals surface area contributed by atoms with E-state index in [0.29, 0.717) is 34.1 Å². The summed E-state index contributed by atoms with van der Waals surface area (Å²) in [5, 5.41) is 21.5. The van der Waals surface area contributed by atoms with Crippen LogP contribution in [0, 0.1) is 11.3 Å². The van der Waals surface area contributed by atoms with Gasteiger partial charge in [-0.2, -0.15) is 0 Å². The number of amides is 1. The van der Waals surface area contributed by atoms with Crippen molar-refractivity contribution in [2.45, 2.75) is 51.0 Å². The number of likely N-dealkylation sites (tertiary alicyclic amines) is 1. The number of para-hydroxylation sites is 1. The van der Waals surface area contributed by atoms with E-state index in [0.717, 1.165) is 50.2 Å². The predicted molar refractivity (Wildman–Crippen MR) is 127 cm³/mol. The zero-order valence-corrected chi connectivity index (χ0v) is 19.2. The number of carbonyl (C=O) groups is 1. The second-order valence-corrected chi connectivity index (χ2v) is 9.38. The first-order valence-electron chi connectivity index (χ1n) is 11.1. The first kappa shape index (κ1) is 21.8. The quantitative estimate of drug-likeness (QED) is 0.537. The Morgan fingerprint density at radius 3 is 2.58 bits per heavy atom. The number of piperidine rings is 1. The number of nitrogens with zero attached hydrogens (tertiary/aromatic N) is 2. The van der Waals surface area contributed by atoms with Gasteiger partial charge in [0, 0.05) is 48.9 Å². The molecular formula is C24H29BrN4O2. The van der Waals surface area contributed by atoms with Crippen molar-refractivity contribution < 1.29 is 9.90 Å². The van der Waals surface area contributed by atoms with Gasteiger partial charge in [-0.15, -0.1) is 0 Å². The number of aliphatic imine (C=N–C) groups is 1. The molecule has 6 nitrogen and oxygen atoms in total. The number of hydrogen-bond acceptors (Lipinski definition) is 5. The number of dihydropyridines is 1. The third kappa shape index (κ3) is 5.09. The number of allylic oxidation sites excluding steroid dienone is 2. The molecule has 2 heterocycles. The number of hydrogen-bond donors (Lipinski definition) is 3. The summed E-state index contributed by atoms with van der Waals surface area (Å²) in [6.45, 7) is 1.60. The zero-order chi connectivity index (χ0) is 21.8. The molecule has 3 N–H and O–H groups in total. The summed E-state index contributed by atoms with van der Waals surface area (Å²) in [7, 11) is 0. The molecule has 1 saturated heterocycles. The maximum Gasteiger partial charge on any atom is 0.225 e. The number of nitrogens with one attached hydrogen (secondary N) is 2. The molecule has 0 spiro atoms. The maximum atomic E-state index is 12.7. The van der Waals surface area contributed by atoms with E-state index in [1.165, 1.54) is 19.1 Å². The average molecular weight is 485 g/mol. The fourth-order valence-corrected chi connectivity index (χ4v) is 4.92. The van der Waals surface area contributed by atoms with Crippen LogP contribution in [0.4, 0.5) is 0 Å². The van der Waals surface area contributed by atoms with E-state index in [-0.39, 0.29) is 11.7 Å². The van der Waals surface area contributed by atoms with Gasteiger partial charge >= 0.3 is 0 Å². The van der Waals surface area contributed by atoms with Crippen molar-refractivity contribution in [1.29, 1.82) is 5.41 Å². The topological polar surface area (TPSA) is 88.8 Å². The molecule has 2 fully saturated rings. The van der Waals surface area contributed by atoms with Gasteiger partial charge in [-0.1, -0.05) is 25.0 Å². The highest BCUT2D eigenvalue weighted by Gasteiger charge is 2.30. The van der Waals surface area contributed by atoms with Gasteiger partial charge in [0.1, 0.15) is 5.75 Å². The summed E-state index contributed by atoms with van der Waals surface area (Å²) in [5.74, 6) is 0.777. The fourth-order valence-electron chi connectivity index (χ4n) is 4.69. The molecule has 1 saturated carbocycles. The Hall–Kier alpha value is -2.41. The molecule has 31 heavy (non-hydrogen) atoms. The Bertz CT molecular complexity index is 939. The van der Waals surface area contributed by atoms with Crippen LogP contribution in [0.5, 0.6) is 5.75 Å². The number of phenols is 1. The van der Waals surface area contributed by atoms with Crippen molar-refractivity contribution in [3.8, 4) is 5.75 Å². The number of carbonyl (C=O) groups excluding carboxylic acids is 1. The van der Waals surface area contributed by atoms with Gasteiger partial charge in [-0.3, -0.25) is 9.79 Å². The molecule has 1 aromatic carbocycles. The number of phenolic OH excluding ortho intramolecular Hbond substituents is 1. The predicted octanol–water partition coefficient (Wildman–Crippen LogP) is 4.50. The van der Waals surface area contributed by atoms with Crippen LogP contribution >= 0.6 is 15.9 Å². The van der Waals surface area contributed by atoms with Gasteiger partial charge in [0.2, 0.25) is 5.91 Å². The first-order chi connectivity index (χ1) is 15.0. The van der Waals surface area contributed by atoms with Crippen LogP contribution in [0.2, 0.25) is 0 Å². The summed E-state index contributed by atoms with van der Waals surface area (Å²) in [5.41, 5.74) is 3.12. The lowest BCUT2D eigenvalue weighted by molar-refractivity contribution is -0.136. The number of benzene rings is 1. The fraction of sp³-hybridized carbons (Fsp3) is 0.458. The van der Waals surface area contributed by atoms with Gasteiger partial charge in [0.05, 0.1) is 15.9 Å². The van der Waals surface area contributed by atoms with Crippen molar-refractivity contribution in [2.24, 2.45) is 10.9 Å². The minimum absolute atomic E-state index is 0.183. The van der Waals surface area contributed by atoms with Gasteiger partial charge in [-0.05, 0) is 59.8 Å². The van der Waals surface area contributed by atoms with Gasteiger partial charge in [0.15, 0.2) is 0 Å². The monoisotopic (exact) mass is 484 g/mol. The van der Waals surface area contributed by atoms with Crippen molar-refractivity contribution in [3.63, 3.8) is 0 Å². The van der Waals surface area contributed by atoms with Crippen LogP contribution in [0.1, 0.15) is 50.5 Å². The van der Waals surface area contributed by atoms with E-state index in [4.69, 9.17) is 5.41 Å². The van der Waals surface area contributed by atoms with E-state index in [1.54, 1.807) is 12.1 Å². The van der Waals surface area contributed by atoms with Crippen molar-refractivity contribution in [3.05, 3.63) is 51.8 Å². The van der Waals surface area contributed by atoms with Crippen LogP contribution in [-0.4, -0.2) is 47.0 Å². The molecule has 4 rings (SSSR count). The lowest BCUT2D eigenvalue weighted by Gasteiger charge is -2.35. The second kappa shape index (κ2) is 9.81. The van der Waals surface area contributed by atoms with E-state index in [1.807, 2.05) is 18.2 Å². The number of halogens is 1. The van der Waals surface area contributed by atoms with Gasteiger partial charge < -0.3 is 20.7 Å². The summed E-state index contributed by atoms with van der Waals surface area (Å²) in [6.07, 6.45) is 10.1. The molecule has 1 aromatic rings. The van der Waals surface area contributed by atoms with Crippen molar-refractivity contribution in [1.82, 2.24) is 10.2 Å². The molecule has 0 radical (unpaired) electrons. The Morgan fingerprint density at radius 2 is 1.90 bits per heavy atom. The Labute approximate surface area is 191 Å². The molecule has 164 valence electrons. The normalized spacial score (nSPS) is 22.0. The molecule has 2 aliphatic heterocycles. The van der Waals surface area contributed by atoms with Crippen LogP contribution in [0.15, 0.2) is 51.2 Å². The van der Waals surface area contributed by atoms with Crippen LogP contribution in [-0.2, 0) is 4.79 Å². The SMILES string of the molecule is N=C/C(Br)=C1\CC(NC2CCN(C(=O)C3CCCC3)CC2)=CC(c2ccccc2O)=N1. The van der Waals surface area contributed by atoms with Crippen LogP contribution < -0.4 is 5.32 Å². The summed E-state index contributed by atoms with van der Waals surface area (Å²) in [6, 6.07) is 7.45. The van der Waals surface area contributed by atoms with Gasteiger partial charge in [-0.25, -0.2) is 0 Å². The second-order valence-electron chi connectivity index (χ2n) is 8.52. The third-order valence-corrected chi connectivity index (χ3v) is 7.09. The van der Waals surface area contributed by atoms with Crippen LogP contribution in [0.3, 0.4) is 0 Å². The smallest absolute Gasteiger partial charge is 0.225 e. The lowest BCUT2D eigenvalue weighted by atomic mass is 9.99. The highest BCUT2D eigenvalue weighted by molar-refractivity contribution is 9.12. The molecule has 0 unspecified atom stereocenters. The van der Waals surface area contributed by atoms with E-state index in [2.05, 4.69) is 31.1 Å². The van der Waals surface area contributed by atoms with E-state index >= 15 is 0 Å². The summed E-state index contributed by atoms with van der Waals surface area (Å²) in [4.78, 5) is 19.4. The third-order valence-electron chi connectivity index (χ3n) is 6.41. The molecule has 3 aliphatic rings. The molecule has 7 heteroatoms. The lowest BCUT2D eigenvalue weighted by Crippen LogP contribution is -2.46. The minimum atomic E-state index is 0.183. The Kier molecular flexibility index (Phi) is 6.90. The molecule has 1 amide bonds. The van der Waals surface area contributed by atoms with Crippen LogP contribution in [0.25, 0.3) is 0 Å². The standard InChI is InChI=1S/C24H29BrN4O2/c25-20(15-26)22-14-18(13-21(28-22)19-7-3-4-8-23(19)30)27-17-9-11-29(12-10-17)24(31)16-5-1-2-6-16/h3-4,7-8,13,15-17,26-27,30H,1-2,5-6,9-12,14H2/b22-20-,26-15?. The Balaban J connectivity index is 1.45. The number of aromatic hydroxyl groups is 1. The average Bonchev–Trinajstić information content (AvgIpc) is 3.33. The summed E-state index contributed by atoms with van der Waals surface area (Å²) >= 11 is 3.43. The van der Waals surface area contributed by atoms with Crippen molar-refractivity contribution in [2.75, 3.05) is 13.1 Å². The highest BCUT2D eigenvalue weighted by atomic mass is 79.9. The zero-order valence-electron chi connectivity index (χ0n) is 17.6. The first-order valence-corrected chi connectivity index (χ1v) is 11.9. The molecular weight excluding hydrogens is 456 g/mol. The maximum absolute atomic E-state index is 12.7.